The Hall–Kier alpha value is -3.06. The molecule has 6 nitrogen and oxygen atoms in total. The number of nitrogens with one attached hydrogen (secondary N) is 2. The number of benzene rings is 1. The van der Waals surface area contributed by atoms with Gasteiger partial charge in [-0.1, -0.05) is 17.7 Å². The van der Waals surface area contributed by atoms with Crippen LogP contribution in [0.5, 0.6) is 0 Å². The van der Waals surface area contributed by atoms with Gasteiger partial charge in [0.2, 0.25) is 0 Å². The lowest BCUT2D eigenvalue weighted by Crippen LogP contribution is -2.30. The summed E-state index contributed by atoms with van der Waals surface area (Å²) in [6.45, 7) is 1.95. The minimum atomic E-state index is -0.549. The Morgan fingerprint density at radius 2 is 1.85 bits per heavy atom. The molecule has 0 spiro atoms. The van der Waals surface area contributed by atoms with Crippen LogP contribution in [-0.2, 0) is 4.79 Å². The summed E-state index contributed by atoms with van der Waals surface area (Å²) < 4.78 is 10.9. The smallest absolute Gasteiger partial charge is 0.291 e. The second-order valence-electron chi connectivity index (χ2n) is 5.45. The number of anilines is 1. The van der Waals surface area contributed by atoms with Crippen molar-refractivity contribution in [2.75, 3.05) is 5.32 Å². The number of amides is 2. The van der Waals surface area contributed by atoms with Gasteiger partial charge in [-0.2, -0.15) is 0 Å². The predicted molar refractivity (Wildman–Crippen MR) is 100 cm³/mol. The maximum Gasteiger partial charge on any atom is 0.291 e. The van der Waals surface area contributed by atoms with Crippen molar-refractivity contribution in [1.29, 1.82) is 0 Å². The van der Waals surface area contributed by atoms with E-state index in [2.05, 4.69) is 26.6 Å². The fourth-order valence-corrected chi connectivity index (χ4v) is 2.44. The van der Waals surface area contributed by atoms with Crippen molar-refractivity contribution in [1.82, 2.24) is 5.32 Å². The lowest BCUT2D eigenvalue weighted by atomic mass is 10.2. The van der Waals surface area contributed by atoms with Crippen LogP contribution in [0, 0.1) is 6.92 Å². The lowest BCUT2D eigenvalue weighted by Gasteiger charge is -2.10. The SMILES string of the molecule is Cc1ccc(NC(=O)C(=Cc2ccco2)NC(=O)c2ccc(Br)o2)cc1. The van der Waals surface area contributed by atoms with Gasteiger partial charge >= 0.3 is 0 Å². The van der Waals surface area contributed by atoms with Crippen LogP contribution in [0.25, 0.3) is 6.08 Å². The molecule has 3 aromatic rings. The van der Waals surface area contributed by atoms with E-state index in [-0.39, 0.29) is 11.5 Å². The molecule has 3 rings (SSSR count). The molecule has 0 atom stereocenters. The quantitative estimate of drug-likeness (QED) is 0.607. The van der Waals surface area contributed by atoms with Gasteiger partial charge in [0.15, 0.2) is 10.4 Å². The molecule has 2 aromatic heterocycles. The Kier molecular flexibility index (Phi) is 5.38. The van der Waals surface area contributed by atoms with E-state index in [0.717, 1.165) is 5.56 Å². The first kappa shape index (κ1) is 17.8. The van der Waals surface area contributed by atoms with Gasteiger partial charge in [0.05, 0.1) is 6.26 Å². The Balaban J connectivity index is 1.82. The number of carbonyl (C=O) groups excluding carboxylic acids is 2. The average molecular weight is 415 g/mol. The normalized spacial score (nSPS) is 11.2. The van der Waals surface area contributed by atoms with E-state index in [1.54, 1.807) is 30.3 Å². The molecule has 0 aliphatic carbocycles. The van der Waals surface area contributed by atoms with E-state index >= 15 is 0 Å². The number of carbonyl (C=O) groups is 2. The third-order valence-electron chi connectivity index (χ3n) is 3.43. The molecule has 26 heavy (non-hydrogen) atoms. The zero-order valence-corrected chi connectivity index (χ0v) is 15.4. The highest BCUT2D eigenvalue weighted by atomic mass is 79.9. The number of aryl methyl sites for hydroxylation is 1. The molecule has 0 aliphatic rings. The third-order valence-corrected chi connectivity index (χ3v) is 3.86. The van der Waals surface area contributed by atoms with Crippen LogP contribution < -0.4 is 10.6 Å². The zero-order chi connectivity index (χ0) is 18.5. The van der Waals surface area contributed by atoms with Crippen LogP contribution in [-0.4, -0.2) is 11.8 Å². The molecule has 7 heteroatoms. The van der Waals surface area contributed by atoms with Gasteiger partial charge in [-0.15, -0.1) is 0 Å². The van der Waals surface area contributed by atoms with E-state index in [0.29, 0.717) is 16.1 Å². The van der Waals surface area contributed by atoms with E-state index < -0.39 is 11.8 Å². The molecule has 0 aliphatic heterocycles. The lowest BCUT2D eigenvalue weighted by molar-refractivity contribution is -0.113. The van der Waals surface area contributed by atoms with Gasteiger partial charge in [0, 0.05) is 11.8 Å². The third kappa shape index (κ3) is 4.52. The Labute approximate surface area is 158 Å². The first-order valence-corrected chi connectivity index (χ1v) is 8.50. The molecule has 0 bridgehead atoms. The monoisotopic (exact) mass is 414 g/mol. The fourth-order valence-electron chi connectivity index (χ4n) is 2.13. The van der Waals surface area contributed by atoms with Gasteiger partial charge in [0.1, 0.15) is 11.5 Å². The average Bonchev–Trinajstić information content (AvgIpc) is 3.28. The Bertz CT molecular complexity index is 940. The molecule has 0 saturated carbocycles. The van der Waals surface area contributed by atoms with Gasteiger partial charge in [-0.05, 0) is 59.3 Å². The summed E-state index contributed by atoms with van der Waals surface area (Å²) in [5.74, 6) is -0.526. The molecule has 2 amide bonds. The number of hydrogen-bond donors (Lipinski definition) is 2. The molecule has 0 saturated heterocycles. The van der Waals surface area contributed by atoms with E-state index in [4.69, 9.17) is 8.83 Å². The Morgan fingerprint density at radius 3 is 2.46 bits per heavy atom. The molecular weight excluding hydrogens is 400 g/mol. The van der Waals surface area contributed by atoms with Crippen LogP contribution in [0.4, 0.5) is 5.69 Å². The first-order chi connectivity index (χ1) is 12.5. The second-order valence-corrected chi connectivity index (χ2v) is 6.23. The molecule has 2 heterocycles. The van der Waals surface area contributed by atoms with Crippen molar-refractivity contribution in [2.24, 2.45) is 0 Å². The van der Waals surface area contributed by atoms with Crippen LogP contribution in [0.3, 0.4) is 0 Å². The standard InChI is InChI=1S/C19H15BrN2O4/c1-12-4-6-13(7-5-12)21-18(23)15(11-14-3-2-10-25-14)22-19(24)16-8-9-17(20)26-16/h2-11H,1H3,(H,21,23)(H,22,24). The van der Waals surface area contributed by atoms with Gasteiger partial charge < -0.3 is 19.5 Å². The van der Waals surface area contributed by atoms with Crippen molar-refractivity contribution in [3.8, 4) is 0 Å². The highest BCUT2D eigenvalue weighted by Crippen LogP contribution is 2.16. The summed E-state index contributed by atoms with van der Waals surface area (Å²) in [6.07, 6.45) is 2.92. The highest BCUT2D eigenvalue weighted by Gasteiger charge is 2.17. The summed E-state index contributed by atoms with van der Waals surface area (Å²) in [6, 6.07) is 13.8. The summed E-state index contributed by atoms with van der Waals surface area (Å²) >= 11 is 3.14. The van der Waals surface area contributed by atoms with Gasteiger partial charge in [0.25, 0.3) is 11.8 Å². The zero-order valence-electron chi connectivity index (χ0n) is 13.8. The van der Waals surface area contributed by atoms with Gasteiger partial charge in [-0.25, -0.2) is 0 Å². The topological polar surface area (TPSA) is 84.5 Å². The van der Waals surface area contributed by atoms with Gasteiger partial charge in [-0.3, -0.25) is 9.59 Å². The van der Waals surface area contributed by atoms with E-state index in [1.807, 2.05) is 19.1 Å². The summed E-state index contributed by atoms with van der Waals surface area (Å²) in [4.78, 5) is 24.9. The minimum absolute atomic E-state index is 0.0260. The molecule has 0 unspecified atom stereocenters. The highest BCUT2D eigenvalue weighted by molar-refractivity contribution is 9.10. The second kappa shape index (κ2) is 7.88. The Morgan fingerprint density at radius 1 is 1.08 bits per heavy atom. The van der Waals surface area contributed by atoms with Crippen molar-refractivity contribution in [3.63, 3.8) is 0 Å². The van der Waals surface area contributed by atoms with Crippen molar-refractivity contribution >= 4 is 39.5 Å². The van der Waals surface area contributed by atoms with Crippen LogP contribution in [0.2, 0.25) is 0 Å². The summed E-state index contributed by atoms with van der Waals surface area (Å²) in [7, 11) is 0. The largest absolute Gasteiger partial charge is 0.465 e. The number of furan rings is 2. The molecular formula is C19H15BrN2O4. The fraction of sp³-hybridized carbons (Fsp3) is 0.0526. The van der Waals surface area contributed by atoms with Crippen LogP contribution in [0.1, 0.15) is 21.9 Å². The molecule has 0 radical (unpaired) electrons. The first-order valence-electron chi connectivity index (χ1n) is 7.71. The van der Waals surface area contributed by atoms with Crippen LogP contribution >= 0.6 is 15.9 Å². The maximum absolute atomic E-state index is 12.6. The van der Waals surface area contributed by atoms with Crippen molar-refractivity contribution in [2.45, 2.75) is 6.92 Å². The van der Waals surface area contributed by atoms with E-state index in [9.17, 15) is 9.59 Å². The maximum atomic E-state index is 12.6. The molecule has 1 aromatic carbocycles. The molecule has 0 fully saturated rings. The number of rotatable bonds is 5. The number of hydrogen-bond acceptors (Lipinski definition) is 4. The number of halogens is 1. The van der Waals surface area contributed by atoms with Crippen molar-refractivity contribution < 1.29 is 18.4 Å². The predicted octanol–water partition coefficient (Wildman–Crippen LogP) is 4.35. The van der Waals surface area contributed by atoms with Crippen LogP contribution in [0.15, 0.2) is 74.0 Å². The molecule has 2 N–H and O–H groups in total. The van der Waals surface area contributed by atoms with E-state index in [1.165, 1.54) is 18.4 Å². The minimum Gasteiger partial charge on any atom is -0.465 e. The molecule has 132 valence electrons. The summed E-state index contributed by atoms with van der Waals surface area (Å²) in [5.41, 5.74) is 1.71. The van der Waals surface area contributed by atoms with Crippen molar-refractivity contribution in [3.05, 3.63) is 82.2 Å². The summed E-state index contributed by atoms with van der Waals surface area (Å²) in [5, 5.41) is 5.29.